The van der Waals surface area contributed by atoms with Crippen molar-refractivity contribution in [3.05, 3.63) is 65.2 Å². The summed E-state index contributed by atoms with van der Waals surface area (Å²) in [6.45, 7) is 8.51. The highest BCUT2D eigenvalue weighted by atomic mass is 32.2. The van der Waals surface area contributed by atoms with Crippen molar-refractivity contribution in [2.24, 2.45) is 0 Å². The van der Waals surface area contributed by atoms with E-state index in [4.69, 9.17) is 0 Å². The van der Waals surface area contributed by atoms with Gasteiger partial charge in [-0.25, -0.2) is 0 Å². The predicted molar refractivity (Wildman–Crippen MR) is 123 cm³/mol. The molecule has 2 aromatic rings. The van der Waals surface area contributed by atoms with Crippen molar-refractivity contribution >= 4 is 23.6 Å². The molecule has 1 saturated heterocycles. The Labute approximate surface area is 183 Å². The minimum atomic E-state index is -0.0810. The lowest BCUT2D eigenvalue weighted by Crippen LogP contribution is -2.33. The summed E-state index contributed by atoms with van der Waals surface area (Å²) in [5.74, 6) is -0.132. The third-order valence-electron chi connectivity index (χ3n) is 5.08. The Balaban J connectivity index is 1.48. The van der Waals surface area contributed by atoms with Crippen LogP contribution in [0, 0.1) is 0 Å². The molecule has 5 nitrogen and oxygen atoms in total. The van der Waals surface area contributed by atoms with E-state index in [2.05, 4.69) is 29.4 Å². The minimum absolute atomic E-state index is 0.0515. The Kier molecular flexibility index (Phi) is 8.34. The van der Waals surface area contributed by atoms with E-state index in [9.17, 15) is 9.59 Å². The SMILES string of the molecule is CC(C)Sc1ccccc1C(=O)NCc1ccc(C(=O)NCCN2CCCC2)cc1. The number of thioether (sulfide) groups is 1. The molecular formula is C24H31N3O2S. The Morgan fingerprint density at radius 3 is 2.37 bits per heavy atom. The maximum absolute atomic E-state index is 12.6. The Morgan fingerprint density at radius 1 is 0.967 bits per heavy atom. The standard InChI is InChI=1S/C24H31N3O2S/c1-18(2)30-22-8-4-3-7-21(22)24(29)26-17-19-9-11-20(12-10-19)23(28)25-13-16-27-14-5-6-15-27/h3-4,7-12,18H,5-6,13-17H2,1-2H3,(H,25,28)(H,26,29). The van der Waals surface area contributed by atoms with E-state index in [1.165, 1.54) is 12.8 Å². The summed E-state index contributed by atoms with van der Waals surface area (Å²) in [4.78, 5) is 28.3. The van der Waals surface area contributed by atoms with E-state index in [0.717, 1.165) is 30.1 Å². The number of nitrogens with zero attached hydrogens (tertiary/aromatic N) is 1. The van der Waals surface area contributed by atoms with Crippen molar-refractivity contribution in [2.45, 2.75) is 43.4 Å². The van der Waals surface area contributed by atoms with E-state index < -0.39 is 0 Å². The third-order valence-corrected chi connectivity index (χ3v) is 6.16. The van der Waals surface area contributed by atoms with E-state index >= 15 is 0 Å². The zero-order valence-corrected chi connectivity index (χ0v) is 18.6. The molecule has 1 aliphatic heterocycles. The minimum Gasteiger partial charge on any atom is -0.351 e. The molecule has 0 atom stereocenters. The maximum Gasteiger partial charge on any atom is 0.252 e. The molecule has 0 bridgehead atoms. The van der Waals surface area contributed by atoms with E-state index in [-0.39, 0.29) is 11.8 Å². The first kappa shape index (κ1) is 22.4. The van der Waals surface area contributed by atoms with Gasteiger partial charge in [0, 0.05) is 35.3 Å². The molecule has 160 valence electrons. The molecule has 1 aliphatic rings. The third kappa shape index (κ3) is 6.61. The van der Waals surface area contributed by atoms with Gasteiger partial charge in [-0.15, -0.1) is 11.8 Å². The Hall–Kier alpha value is -2.31. The number of hydrogen-bond acceptors (Lipinski definition) is 4. The second-order valence-corrected chi connectivity index (χ2v) is 9.47. The molecule has 2 N–H and O–H groups in total. The lowest BCUT2D eigenvalue weighted by Gasteiger charge is -2.14. The van der Waals surface area contributed by atoms with Gasteiger partial charge < -0.3 is 15.5 Å². The number of benzene rings is 2. The summed E-state index contributed by atoms with van der Waals surface area (Å²) >= 11 is 1.69. The quantitative estimate of drug-likeness (QED) is 0.598. The zero-order chi connectivity index (χ0) is 21.3. The summed E-state index contributed by atoms with van der Waals surface area (Å²) in [5, 5.41) is 6.38. The van der Waals surface area contributed by atoms with Crippen LogP contribution in [0.3, 0.4) is 0 Å². The molecule has 0 radical (unpaired) electrons. The molecular weight excluding hydrogens is 394 g/mol. The number of hydrogen-bond donors (Lipinski definition) is 2. The van der Waals surface area contributed by atoms with Crippen molar-refractivity contribution < 1.29 is 9.59 Å². The average molecular weight is 426 g/mol. The summed E-state index contributed by atoms with van der Waals surface area (Å²) in [6.07, 6.45) is 2.52. The highest BCUT2D eigenvalue weighted by Gasteiger charge is 2.13. The molecule has 0 unspecified atom stereocenters. The van der Waals surface area contributed by atoms with Crippen LogP contribution in [-0.2, 0) is 6.54 Å². The van der Waals surface area contributed by atoms with Crippen molar-refractivity contribution in [1.82, 2.24) is 15.5 Å². The second kappa shape index (κ2) is 11.2. The summed E-state index contributed by atoms with van der Waals surface area (Å²) in [5.41, 5.74) is 2.31. The highest BCUT2D eigenvalue weighted by Crippen LogP contribution is 2.26. The van der Waals surface area contributed by atoms with Gasteiger partial charge in [0.05, 0.1) is 5.56 Å². The monoisotopic (exact) mass is 425 g/mol. The molecule has 3 rings (SSSR count). The van der Waals surface area contributed by atoms with Gasteiger partial charge in [0.15, 0.2) is 0 Å². The van der Waals surface area contributed by atoms with Gasteiger partial charge in [-0.1, -0.05) is 38.1 Å². The fourth-order valence-electron chi connectivity index (χ4n) is 3.50. The van der Waals surface area contributed by atoms with Crippen molar-refractivity contribution in [2.75, 3.05) is 26.2 Å². The van der Waals surface area contributed by atoms with Crippen molar-refractivity contribution in [3.63, 3.8) is 0 Å². The van der Waals surface area contributed by atoms with Crippen LogP contribution in [0.5, 0.6) is 0 Å². The van der Waals surface area contributed by atoms with Gasteiger partial charge in [-0.05, 0) is 55.8 Å². The van der Waals surface area contributed by atoms with Crippen LogP contribution in [0.2, 0.25) is 0 Å². The first-order chi connectivity index (χ1) is 14.5. The smallest absolute Gasteiger partial charge is 0.252 e. The Morgan fingerprint density at radius 2 is 1.67 bits per heavy atom. The van der Waals surface area contributed by atoms with Crippen LogP contribution in [-0.4, -0.2) is 48.1 Å². The van der Waals surface area contributed by atoms with Crippen LogP contribution in [0.4, 0.5) is 0 Å². The normalized spacial score (nSPS) is 14.1. The molecule has 2 aromatic carbocycles. The molecule has 0 aromatic heterocycles. The number of carbonyl (C=O) groups is 2. The molecule has 1 fully saturated rings. The van der Waals surface area contributed by atoms with E-state index in [1.807, 2.05) is 48.5 Å². The molecule has 0 saturated carbocycles. The first-order valence-corrected chi connectivity index (χ1v) is 11.5. The molecule has 30 heavy (non-hydrogen) atoms. The van der Waals surface area contributed by atoms with Crippen LogP contribution in [0.15, 0.2) is 53.4 Å². The Bertz CT molecular complexity index is 846. The summed E-state index contributed by atoms with van der Waals surface area (Å²) in [7, 11) is 0. The number of amides is 2. The van der Waals surface area contributed by atoms with Crippen molar-refractivity contribution in [3.8, 4) is 0 Å². The van der Waals surface area contributed by atoms with Gasteiger partial charge in [-0.3, -0.25) is 9.59 Å². The second-order valence-electron chi connectivity index (χ2n) is 7.85. The van der Waals surface area contributed by atoms with Gasteiger partial charge in [0.2, 0.25) is 0 Å². The van der Waals surface area contributed by atoms with Crippen LogP contribution in [0.1, 0.15) is 53.0 Å². The lowest BCUT2D eigenvalue weighted by molar-refractivity contribution is 0.0939. The zero-order valence-electron chi connectivity index (χ0n) is 17.8. The van der Waals surface area contributed by atoms with E-state index in [0.29, 0.717) is 29.5 Å². The lowest BCUT2D eigenvalue weighted by atomic mass is 10.1. The molecule has 0 spiro atoms. The maximum atomic E-state index is 12.6. The number of likely N-dealkylation sites (tertiary alicyclic amines) is 1. The summed E-state index contributed by atoms with van der Waals surface area (Å²) < 4.78 is 0. The number of rotatable bonds is 9. The highest BCUT2D eigenvalue weighted by molar-refractivity contribution is 8.00. The van der Waals surface area contributed by atoms with Crippen LogP contribution in [0.25, 0.3) is 0 Å². The van der Waals surface area contributed by atoms with Gasteiger partial charge in [0.1, 0.15) is 0 Å². The molecule has 6 heteroatoms. The van der Waals surface area contributed by atoms with Gasteiger partial charge >= 0.3 is 0 Å². The average Bonchev–Trinajstić information content (AvgIpc) is 3.26. The van der Waals surface area contributed by atoms with Gasteiger partial charge in [0.25, 0.3) is 11.8 Å². The number of carbonyl (C=O) groups excluding carboxylic acids is 2. The fourth-order valence-corrected chi connectivity index (χ4v) is 4.45. The van der Waals surface area contributed by atoms with Gasteiger partial charge in [-0.2, -0.15) is 0 Å². The largest absolute Gasteiger partial charge is 0.351 e. The van der Waals surface area contributed by atoms with Crippen LogP contribution >= 0.6 is 11.8 Å². The predicted octanol–water partition coefficient (Wildman–Crippen LogP) is 3.94. The molecule has 0 aliphatic carbocycles. The molecule has 2 amide bonds. The van der Waals surface area contributed by atoms with Crippen molar-refractivity contribution in [1.29, 1.82) is 0 Å². The summed E-state index contributed by atoms with van der Waals surface area (Å²) in [6, 6.07) is 15.1. The fraction of sp³-hybridized carbons (Fsp3) is 0.417. The first-order valence-electron chi connectivity index (χ1n) is 10.7. The number of nitrogens with one attached hydrogen (secondary N) is 2. The van der Waals surface area contributed by atoms with E-state index in [1.54, 1.807) is 11.8 Å². The molecule has 1 heterocycles. The van der Waals surface area contributed by atoms with Crippen LogP contribution < -0.4 is 10.6 Å². The topological polar surface area (TPSA) is 61.4 Å².